The SMILES string of the molecule is CC.CCC1=C(C)[C@@H](OC(=O)[C@H]2C(C)[C@H]2/C=C(\C)F)CC1=O. The fourth-order valence-corrected chi connectivity index (χ4v) is 3.07. The van der Waals surface area contributed by atoms with Gasteiger partial charge in [0, 0.05) is 0 Å². The van der Waals surface area contributed by atoms with Crippen LogP contribution in [0.2, 0.25) is 0 Å². The first-order valence-corrected chi connectivity index (χ1v) is 8.14. The third kappa shape index (κ3) is 3.84. The Kier molecular flexibility index (Phi) is 6.51. The van der Waals surface area contributed by atoms with Crippen molar-refractivity contribution in [1.82, 2.24) is 0 Å². The molecule has 0 aliphatic heterocycles. The summed E-state index contributed by atoms with van der Waals surface area (Å²) in [5.74, 6) is -0.733. The van der Waals surface area contributed by atoms with Crippen LogP contribution < -0.4 is 0 Å². The summed E-state index contributed by atoms with van der Waals surface area (Å²) < 4.78 is 18.3. The van der Waals surface area contributed by atoms with E-state index in [9.17, 15) is 14.0 Å². The molecule has 124 valence electrons. The van der Waals surface area contributed by atoms with E-state index in [0.717, 1.165) is 11.1 Å². The van der Waals surface area contributed by atoms with Crippen LogP contribution in [-0.4, -0.2) is 17.9 Å². The summed E-state index contributed by atoms with van der Waals surface area (Å²) in [5.41, 5.74) is 1.65. The van der Waals surface area contributed by atoms with Crippen LogP contribution in [0.15, 0.2) is 23.0 Å². The minimum Gasteiger partial charge on any atom is -0.457 e. The van der Waals surface area contributed by atoms with Crippen LogP contribution in [0.25, 0.3) is 0 Å². The standard InChI is InChI=1S/C16H21FO3.C2H6/c1-5-11-9(3)14(7-13(11)18)20-16(19)15-10(4)12(15)6-8(2)17;1-2/h6,10,12,14-15H,5,7H2,1-4H3;1-2H3/b8-6+;/t10?,12-,14+,15+;/m1./s1. The van der Waals surface area contributed by atoms with Gasteiger partial charge in [-0.15, -0.1) is 0 Å². The van der Waals surface area contributed by atoms with Gasteiger partial charge in [-0.1, -0.05) is 27.7 Å². The molecule has 22 heavy (non-hydrogen) atoms. The molecular formula is C18H27FO3. The number of carbonyl (C=O) groups is 2. The molecular weight excluding hydrogens is 283 g/mol. The van der Waals surface area contributed by atoms with Gasteiger partial charge >= 0.3 is 5.97 Å². The van der Waals surface area contributed by atoms with Crippen LogP contribution in [0.5, 0.6) is 0 Å². The fourth-order valence-electron chi connectivity index (χ4n) is 3.07. The lowest BCUT2D eigenvalue weighted by molar-refractivity contribution is -0.149. The van der Waals surface area contributed by atoms with E-state index in [-0.39, 0.29) is 41.8 Å². The maximum Gasteiger partial charge on any atom is 0.310 e. The molecule has 0 heterocycles. The molecule has 0 N–H and O–H groups in total. The van der Waals surface area contributed by atoms with Gasteiger partial charge in [0.05, 0.1) is 18.2 Å². The molecule has 2 rings (SSSR count). The zero-order chi connectivity index (χ0) is 17.0. The molecule has 0 spiro atoms. The zero-order valence-corrected chi connectivity index (χ0v) is 14.4. The van der Waals surface area contributed by atoms with Crippen LogP contribution in [0.1, 0.15) is 54.4 Å². The van der Waals surface area contributed by atoms with Gasteiger partial charge in [0.1, 0.15) is 6.10 Å². The molecule has 0 amide bonds. The topological polar surface area (TPSA) is 43.4 Å². The van der Waals surface area contributed by atoms with Crippen molar-refractivity contribution in [2.45, 2.75) is 60.5 Å². The number of hydrogen-bond acceptors (Lipinski definition) is 3. The Morgan fingerprint density at radius 1 is 1.41 bits per heavy atom. The summed E-state index contributed by atoms with van der Waals surface area (Å²) in [6, 6.07) is 0. The molecule has 0 aromatic heterocycles. The normalized spacial score (nSPS) is 30.9. The molecule has 0 saturated heterocycles. The molecule has 1 unspecified atom stereocenters. The van der Waals surface area contributed by atoms with Crippen molar-refractivity contribution in [2.24, 2.45) is 17.8 Å². The van der Waals surface area contributed by atoms with Gasteiger partial charge < -0.3 is 4.74 Å². The monoisotopic (exact) mass is 310 g/mol. The number of halogens is 1. The van der Waals surface area contributed by atoms with Gasteiger partial charge in [0.15, 0.2) is 5.78 Å². The van der Waals surface area contributed by atoms with Crippen LogP contribution in [0, 0.1) is 17.8 Å². The number of ether oxygens (including phenoxy) is 1. The molecule has 2 aliphatic carbocycles. The first kappa shape index (κ1) is 18.6. The van der Waals surface area contributed by atoms with Crippen molar-refractivity contribution in [3.05, 3.63) is 23.0 Å². The van der Waals surface area contributed by atoms with Crippen LogP contribution in [0.3, 0.4) is 0 Å². The van der Waals surface area contributed by atoms with Crippen molar-refractivity contribution in [3.8, 4) is 0 Å². The summed E-state index contributed by atoms with van der Waals surface area (Å²) >= 11 is 0. The Bertz CT molecular complexity index is 500. The third-order valence-electron chi connectivity index (χ3n) is 4.42. The molecule has 1 saturated carbocycles. The Balaban J connectivity index is 0.00000116. The van der Waals surface area contributed by atoms with E-state index in [2.05, 4.69) is 0 Å². The maximum atomic E-state index is 12.9. The lowest BCUT2D eigenvalue weighted by Gasteiger charge is -2.13. The number of ketones is 1. The number of Topliss-reactive ketones (excluding diaryl/α,β-unsaturated/α-hetero) is 1. The second-order valence-electron chi connectivity index (χ2n) is 5.78. The Labute approximate surface area is 132 Å². The van der Waals surface area contributed by atoms with E-state index in [0.29, 0.717) is 6.42 Å². The highest BCUT2D eigenvalue weighted by Crippen LogP contribution is 2.48. The lowest BCUT2D eigenvalue weighted by atomic mass is 10.1. The minimum atomic E-state index is -0.422. The highest BCUT2D eigenvalue weighted by molar-refractivity contribution is 5.99. The van der Waals surface area contributed by atoms with Crippen LogP contribution in [0.4, 0.5) is 4.39 Å². The van der Waals surface area contributed by atoms with E-state index >= 15 is 0 Å². The van der Waals surface area contributed by atoms with E-state index in [1.54, 1.807) is 0 Å². The number of allylic oxidation sites excluding steroid dienone is 3. The van der Waals surface area contributed by atoms with E-state index in [4.69, 9.17) is 4.74 Å². The Morgan fingerprint density at radius 2 is 2.00 bits per heavy atom. The highest BCUT2D eigenvalue weighted by Gasteiger charge is 2.52. The lowest BCUT2D eigenvalue weighted by Crippen LogP contribution is -2.19. The largest absolute Gasteiger partial charge is 0.457 e. The predicted octanol–water partition coefficient (Wildman–Crippen LogP) is 4.38. The highest BCUT2D eigenvalue weighted by atomic mass is 19.1. The molecule has 1 fully saturated rings. The molecule has 0 aromatic carbocycles. The Morgan fingerprint density at radius 3 is 2.45 bits per heavy atom. The summed E-state index contributed by atoms with van der Waals surface area (Å²) in [4.78, 5) is 23.9. The van der Waals surface area contributed by atoms with Gasteiger partial charge in [-0.3, -0.25) is 9.59 Å². The molecule has 0 radical (unpaired) electrons. The van der Waals surface area contributed by atoms with Crippen molar-refractivity contribution in [2.75, 3.05) is 0 Å². The van der Waals surface area contributed by atoms with Gasteiger partial charge in [-0.05, 0) is 49.3 Å². The summed E-state index contributed by atoms with van der Waals surface area (Å²) in [6.07, 6.45) is 1.99. The molecule has 3 nitrogen and oxygen atoms in total. The van der Waals surface area contributed by atoms with Crippen molar-refractivity contribution in [1.29, 1.82) is 0 Å². The predicted molar refractivity (Wildman–Crippen MR) is 84.9 cm³/mol. The quantitative estimate of drug-likeness (QED) is 0.724. The van der Waals surface area contributed by atoms with E-state index in [1.165, 1.54) is 13.0 Å². The van der Waals surface area contributed by atoms with Crippen molar-refractivity contribution < 1.29 is 18.7 Å². The van der Waals surface area contributed by atoms with Gasteiger partial charge in [0.2, 0.25) is 0 Å². The maximum absolute atomic E-state index is 12.9. The second-order valence-corrected chi connectivity index (χ2v) is 5.78. The van der Waals surface area contributed by atoms with E-state index in [1.807, 2.05) is 34.6 Å². The summed E-state index contributed by atoms with van der Waals surface area (Å²) in [6.45, 7) is 11.1. The molecule has 4 heteroatoms. The number of carbonyl (C=O) groups excluding carboxylic acids is 2. The molecule has 0 aromatic rings. The summed E-state index contributed by atoms with van der Waals surface area (Å²) in [5, 5.41) is 0. The van der Waals surface area contributed by atoms with Gasteiger partial charge in [0.25, 0.3) is 0 Å². The van der Waals surface area contributed by atoms with E-state index < -0.39 is 6.10 Å². The molecule has 4 atom stereocenters. The first-order valence-electron chi connectivity index (χ1n) is 8.14. The minimum absolute atomic E-state index is 0.0699. The summed E-state index contributed by atoms with van der Waals surface area (Å²) in [7, 11) is 0. The number of esters is 1. The number of rotatable bonds is 4. The Hall–Kier alpha value is -1.45. The molecule has 0 bridgehead atoms. The van der Waals surface area contributed by atoms with Gasteiger partial charge in [-0.25, -0.2) is 4.39 Å². The van der Waals surface area contributed by atoms with Gasteiger partial charge in [-0.2, -0.15) is 0 Å². The first-order chi connectivity index (χ1) is 10.4. The average Bonchev–Trinajstić information content (AvgIpc) is 3.00. The smallest absolute Gasteiger partial charge is 0.310 e. The second kappa shape index (κ2) is 7.70. The van der Waals surface area contributed by atoms with Crippen molar-refractivity contribution in [3.63, 3.8) is 0 Å². The average molecular weight is 310 g/mol. The fraction of sp³-hybridized carbons (Fsp3) is 0.667. The van der Waals surface area contributed by atoms with Crippen molar-refractivity contribution >= 4 is 11.8 Å². The molecule has 2 aliphatic rings. The van der Waals surface area contributed by atoms with Crippen LogP contribution >= 0.6 is 0 Å². The third-order valence-corrected chi connectivity index (χ3v) is 4.42. The zero-order valence-electron chi connectivity index (χ0n) is 14.4. The van der Waals surface area contributed by atoms with Crippen LogP contribution in [-0.2, 0) is 14.3 Å². The number of hydrogen-bond donors (Lipinski definition) is 0.